The van der Waals surface area contributed by atoms with Crippen LogP contribution in [-0.4, -0.2) is 40.0 Å². The van der Waals surface area contributed by atoms with E-state index in [1.165, 1.54) is 30.3 Å². The van der Waals surface area contributed by atoms with Crippen LogP contribution in [0.15, 0.2) is 48.8 Å². The lowest BCUT2D eigenvalue weighted by molar-refractivity contribution is -0.383. The van der Waals surface area contributed by atoms with E-state index in [1.807, 2.05) is 0 Å². The number of benzene rings is 2. The summed E-state index contributed by atoms with van der Waals surface area (Å²) in [6, 6.07) is 10.8. The smallest absolute Gasteiger partial charge is 0.355 e. The summed E-state index contributed by atoms with van der Waals surface area (Å²) in [6.45, 7) is 1.36. The monoisotopic (exact) mass is 520 g/mol. The van der Waals surface area contributed by atoms with Crippen molar-refractivity contribution in [1.82, 2.24) is 15.4 Å². The lowest BCUT2D eigenvalue weighted by Crippen LogP contribution is -2.34. The topological polar surface area (TPSA) is 158 Å². The molecule has 0 radical (unpaired) electrons. The van der Waals surface area contributed by atoms with Crippen molar-refractivity contribution in [2.45, 2.75) is 6.92 Å². The van der Waals surface area contributed by atoms with Crippen molar-refractivity contribution >= 4 is 58.1 Å². The molecule has 3 rings (SSSR count). The number of rotatable bonds is 10. The van der Waals surface area contributed by atoms with Crippen molar-refractivity contribution < 1.29 is 24.0 Å². The standard InChI is InChI=1S/C21H18Cl2N6O6/c1-2-34-21(31)13-5-3-4-6-15(13)26-19-18(29(32)33)20(25-11-24-19)28-27-17(30)10-35-16-8-7-12(22)9-14(16)23/h3-9,11H,2,10H2,1H3,(H,27,30)(H2,24,25,26,28). The van der Waals surface area contributed by atoms with Crippen molar-refractivity contribution in [2.24, 2.45) is 0 Å². The lowest BCUT2D eigenvalue weighted by Gasteiger charge is -2.13. The number of hydrazine groups is 1. The molecule has 0 spiro atoms. The minimum absolute atomic E-state index is 0.155. The summed E-state index contributed by atoms with van der Waals surface area (Å²) in [4.78, 5) is 43.1. The highest BCUT2D eigenvalue weighted by atomic mass is 35.5. The Bertz CT molecular complexity index is 1260. The van der Waals surface area contributed by atoms with Gasteiger partial charge in [-0.25, -0.2) is 14.8 Å². The normalized spacial score (nSPS) is 10.3. The zero-order valence-corrected chi connectivity index (χ0v) is 19.6. The van der Waals surface area contributed by atoms with Gasteiger partial charge in [-0.1, -0.05) is 35.3 Å². The number of nitrogens with zero attached hydrogens (tertiary/aromatic N) is 3. The molecular formula is C21H18Cl2N6O6. The Balaban J connectivity index is 1.74. The highest BCUT2D eigenvalue weighted by molar-refractivity contribution is 6.35. The number of halogens is 2. The van der Waals surface area contributed by atoms with Gasteiger partial charge in [0.1, 0.15) is 12.1 Å². The highest BCUT2D eigenvalue weighted by Gasteiger charge is 2.25. The first-order valence-electron chi connectivity index (χ1n) is 9.95. The number of carbonyl (C=O) groups excluding carboxylic acids is 2. The van der Waals surface area contributed by atoms with E-state index in [2.05, 4.69) is 26.1 Å². The van der Waals surface area contributed by atoms with Crippen LogP contribution in [0.3, 0.4) is 0 Å². The third-order valence-corrected chi connectivity index (χ3v) is 4.78. The lowest BCUT2D eigenvalue weighted by atomic mass is 10.2. The van der Waals surface area contributed by atoms with Crippen LogP contribution in [-0.2, 0) is 9.53 Å². The third-order valence-electron chi connectivity index (χ3n) is 4.25. The molecular weight excluding hydrogens is 503 g/mol. The van der Waals surface area contributed by atoms with E-state index in [0.717, 1.165) is 6.33 Å². The minimum atomic E-state index is -0.742. The van der Waals surface area contributed by atoms with Crippen LogP contribution in [0, 0.1) is 10.1 Å². The van der Waals surface area contributed by atoms with E-state index in [0.29, 0.717) is 5.02 Å². The van der Waals surface area contributed by atoms with E-state index in [4.69, 9.17) is 32.7 Å². The van der Waals surface area contributed by atoms with Gasteiger partial charge < -0.3 is 14.8 Å². The molecule has 0 saturated heterocycles. The van der Waals surface area contributed by atoms with Crippen molar-refractivity contribution in [2.75, 3.05) is 24.0 Å². The first-order valence-corrected chi connectivity index (χ1v) is 10.7. The molecule has 2 aromatic carbocycles. The number of anilines is 3. The second-order valence-corrected chi connectivity index (χ2v) is 7.45. The van der Waals surface area contributed by atoms with E-state index < -0.39 is 29.1 Å². The molecule has 0 atom stereocenters. The van der Waals surface area contributed by atoms with Gasteiger partial charge in [0.05, 0.1) is 27.8 Å². The maximum Gasteiger partial charge on any atom is 0.355 e. The van der Waals surface area contributed by atoms with Gasteiger partial charge in [0.2, 0.25) is 11.6 Å². The van der Waals surface area contributed by atoms with E-state index in [-0.39, 0.29) is 40.3 Å². The molecule has 3 N–H and O–H groups in total. The van der Waals surface area contributed by atoms with Crippen LogP contribution in [0.5, 0.6) is 5.75 Å². The Labute approximate surface area is 208 Å². The van der Waals surface area contributed by atoms with Crippen LogP contribution in [0.25, 0.3) is 0 Å². The number of hydrogen-bond donors (Lipinski definition) is 3. The van der Waals surface area contributed by atoms with Crippen molar-refractivity contribution in [3.8, 4) is 5.75 Å². The summed E-state index contributed by atoms with van der Waals surface area (Å²) in [5.74, 6) is -1.59. The molecule has 14 heteroatoms. The zero-order valence-electron chi connectivity index (χ0n) is 18.1. The average molecular weight is 521 g/mol. The zero-order chi connectivity index (χ0) is 25.4. The molecule has 0 aliphatic heterocycles. The SMILES string of the molecule is CCOC(=O)c1ccccc1Nc1ncnc(NNC(=O)COc2ccc(Cl)cc2Cl)c1[N+](=O)[O-]. The van der Waals surface area contributed by atoms with Gasteiger partial charge in [-0.05, 0) is 37.3 Å². The number of aromatic nitrogens is 2. The van der Waals surface area contributed by atoms with E-state index in [1.54, 1.807) is 19.1 Å². The van der Waals surface area contributed by atoms with Gasteiger partial charge >= 0.3 is 11.7 Å². The predicted molar refractivity (Wildman–Crippen MR) is 128 cm³/mol. The van der Waals surface area contributed by atoms with Gasteiger partial charge in [0, 0.05) is 5.02 Å². The number of para-hydroxylation sites is 1. The molecule has 1 heterocycles. The summed E-state index contributed by atoms with van der Waals surface area (Å²) >= 11 is 11.8. The average Bonchev–Trinajstić information content (AvgIpc) is 2.82. The van der Waals surface area contributed by atoms with Gasteiger partial charge in [0.25, 0.3) is 5.91 Å². The number of nitro groups is 1. The molecule has 0 saturated carbocycles. The molecule has 0 unspecified atom stereocenters. The molecule has 3 aromatic rings. The van der Waals surface area contributed by atoms with E-state index in [9.17, 15) is 19.7 Å². The summed E-state index contributed by atoms with van der Waals surface area (Å²) in [5.41, 5.74) is 4.45. The number of hydrogen-bond acceptors (Lipinski definition) is 10. The fourth-order valence-corrected chi connectivity index (χ4v) is 3.20. The maximum absolute atomic E-state index is 12.2. The molecule has 0 aliphatic rings. The fraction of sp³-hybridized carbons (Fsp3) is 0.143. The van der Waals surface area contributed by atoms with Crippen LogP contribution in [0.1, 0.15) is 17.3 Å². The molecule has 12 nitrogen and oxygen atoms in total. The number of nitrogens with one attached hydrogen (secondary N) is 3. The summed E-state index contributed by atoms with van der Waals surface area (Å²) in [5, 5.41) is 15.1. The third kappa shape index (κ3) is 6.68. The summed E-state index contributed by atoms with van der Waals surface area (Å²) < 4.78 is 10.3. The van der Waals surface area contributed by atoms with Crippen LogP contribution in [0.4, 0.5) is 23.0 Å². The Morgan fingerprint density at radius 2 is 1.86 bits per heavy atom. The predicted octanol–water partition coefficient (Wildman–Crippen LogP) is 4.13. The van der Waals surface area contributed by atoms with Crippen LogP contribution >= 0.6 is 23.2 Å². The second-order valence-electron chi connectivity index (χ2n) is 6.60. The van der Waals surface area contributed by atoms with Crippen LogP contribution in [0.2, 0.25) is 10.0 Å². The Morgan fingerprint density at radius 1 is 1.11 bits per heavy atom. The molecule has 0 bridgehead atoms. The molecule has 35 heavy (non-hydrogen) atoms. The summed E-state index contributed by atoms with van der Waals surface area (Å²) in [6.07, 6.45) is 1.04. The Hall–Kier alpha value is -4.16. The van der Waals surface area contributed by atoms with Gasteiger partial charge in [-0.15, -0.1) is 0 Å². The number of ether oxygens (including phenoxy) is 2. The minimum Gasteiger partial charge on any atom is -0.482 e. The second kappa shape index (κ2) is 11.8. The van der Waals surface area contributed by atoms with Gasteiger partial charge in [-0.2, -0.15) is 0 Å². The van der Waals surface area contributed by atoms with E-state index >= 15 is 0 Å². The Morgan fingerprint density at radius 3 is 2.57 bits per heavy atom. The Kier molecular flexibility index (Phi) is 8.59. The first-order chi connectivity index (χ1) is 16.8. The quantitative estimate of drug-likeness (QED) is 0.201. The maximum atomic E-state index is 12.2. The fourth-order valence-electron chi connectivity index (χ4n) is 2.74. The van der Waals surface area contributed by atoms with Crippen molar-refractivity contribution in [1.29, 1.82) is 0 Å². The van der Waals surface area contributed by atoms with Crippen LogP contribution < -0.4 is 20.9 Å². The number of carbonyl (C=O) groups is 2. The summed E-state index contributed by atoms with van der Waals surface area (Å²) in [7, 11) is 0. The molecule has 1 aromatic heterocycles. The largest absolute Gasteiger partial charge is 0.482 e. The molecule has 182 valence electrons. The number of amides is 1. The highest BCUT2D eigenvalue weighted by Crippen LogP contribution is 2.32. The first kappa shape index (κ1) is 25.5. The molecule has 0 fully saturated rings. The number of esters is 1. The van der Waals surface area contributed by atoms with Crippen molar-refractivity contribution in [3.05, 3.63) is 74.5 Å². The van der Waals surface area contributed by atoms with Crippen molar-refractivity contribution in [3.63, 3.8) is 0 Å². The van der Waals surface area contributed by atoms with Gasteiger partial charge in [0.15, 0.2) is 6.61 Å². The molecule has 0 aliphatic carbocycles. The van der Waals surface area contributed by atoms with Gasteiger partial charge in [-0.3, -0.25) is 25.8 Å². The molecule has 1 amide bonds.